The van der Waals surface area contributed by atoms with Gasteiger partial charge in [0.2, 0.25) is 11.5 Å². The Kier molecular flexibility index (Phi) is 35.5. The first-order valence-electron chi connectivity index (χ1n) is 24.1. The maximum Gasteiger partial charge on any atom is 0.311 e. The van der Waals surface area contributed by atoms with Crippen LogP contribution >= 0.6 is 0 Å². The number of carbonyl (C=O) groups excluding carboxylic acids is 2. The van der Waals surface area contributed by atoms with Crippen LogP contribution in [-0.4, -0.2) is 11.9 Å². The molecule has 0 amide bonds. The van der Waals surface area contributed by atoms with E-state index in [1.165, 1.54) is 205 Å². The van der Waals surface area contributed by atoms with Gasteiger partial charge in [-0.2, -0.15) is 0 Å². The molecule has 0 spiro atoms. The Balaban J connectivity index is 2.06. The lowest BCUT2D eigenvalue weighted by Crippen LogP contribution is -2.12. The molecule has 0 saturated carbocycles. The van der Waals surface area contributed by atoms with Crippen molar-refractivity contribution in [3.8, 4) is 11.5 Å². The number of hydrogen-bond donors (Lipinski definition) is 0. The van der Waals surface area contributed by atoms with Crippen molar-refractivity contribution < 1.29 is 23.5 Å². The van der Waals surface area contributed by atoms with E-state index in [0.29, 0.717) is 36.5 Å². The van der Waals surface area contributed by atoms with Gasteiger partial charge in [0.1, 0.15) is 5.76 Å². The van der Waals surface area contributed by atoms with E-state index in [2.05, 4.69) is 13.8 Å². The van der Waals surface area contributed by atoms with Gasteiger partial charge >= 0.3 is 11.9 Å². The van der Waals surface area contributed by atoms with Crippen molar-refractivity contribution in [3.63, 3.8) is 0 Å². The first-order valence-corrected chi connectivity index (χ1v) is 24.1. The smallest absolute Gasteiger partial charge is 0.311 e. The highest BCUT2D eigenvalue weighted by atomic mass is 16.6. The van der Waals surface area contributed by atoms with Gasteiger partial charge in [-0.15, -0.1) is 0 Å². The highest BCUT2D eigenvalue weighted by Gasteiger charge is 2.24. The van der Waals surface area contributed by atoms with Crippen molar-refractivity contribution in [2.75, 3.05) is 0 Å². The lowest BCUT2D eigenvalue weighted by Gasteiger charge is -2.08. The third kappa shape index (κ3) is 29.5. The van der Waals surface area contributed by atoms with Gasteiger partial charge in [-0.1, -0.05) is 239 Å². The summed E-state index contributed by atoms with van der Waals surface area (Å²) in [7, 11) is 0. The largest absolute Gasteiger partial charge is 0.458 e. The van der Waals surface area contributed by atoms with Crippen molar-refractivity contribution in [1.29, 1.82) is 0 Å². The second-order valence-electron chi connectivity index (χ2n) is 16.6. The topological polar surface area (TPSA) is 65.7 Å². The molecule has 0 aliphatic heterocycles. The van der Waals surface area contributed by atoms with Gasteiger partial charge in [-0.25, -0.2) is 0 Å². The Morgan fingerprint density at radius 2 is 0.611 bits per heavy atom. The van der Waals surface area contributed by atoms with E-state index in [9.17, 15) is 9.59 Å². The molecule has 54 heavy (non-hydrogen) atoms. The summed E-state index contributed by atoms with van der Waals surface area (Å²) < 4.78 is 17.3. The number of ether oxygens (including phenoxy) is 2. The third-order valence-electron chi connectivity index (χ3n) is 11.3. The van der Waals surface area contributed by atoms with Gasteiger partial charge in [-0.05, 0) is 19.8 Å². The predicted molar refractivity (Wildman–Crippen MR) is 231 cm³/mol. The summed E-state index contributed by atoms with van der Waals surface area (Å²) in [6.07, 6.45) is 48.8. The molecule has 0 atom stereocenters. The molecule has 0 aliphatic rings. The van der Waals surface area contributed by atoms with Gasteiger partial charge in [0.15, 0.2) is 5.76 Å². The normalized spacial score (nSPS) is 11.4. The predicted octanol–water partition coefficient (Wildman–Crippen LogP) is 16.8. The summed E-state index contributed by atoms with van der Waals surface area (Å²) in [5.74, 6) is 1.09. The molecule has 0 aliphatic carbocycles. The van der Waals surface area contributed by atoms with Crippen LogP contribution in [0.5, 0.6) is 11.5 Å². The average molecular weight is 759 g/mol. The summed E-state index contributed by atoms with van der Waals surface area (Å²) in [6, 6.07) is 0. The summed E-state index contributed by atoms with van der Waals surface area (Å²) >= 11 is 0. The zero-order valence-electron chi connectivity index (χ0n) is 36.6. The van der Waals surface area contributed by atoms with Gasteiger partial charge in [0.25, 0.3) is 0 Å². The molecule has 1 aromatic rings. The van der Waals surface area contributed by atoms with E-state index in [0.717, 1.165) is 25.7 Å². The monoisotopic (exact) mass is 759 g/mol. The molecule has 5 heteroatoms. The minimum absolute atomic E-state index is 0.275. The summed E-state index contributed by atoms with van der Waals surface area (Å²) in [4.78, 5) is 25.5. The molecule has 0 saturated heterocycles. The molecule has 0 unspecified atom stereocenters. The molecule has 0 bridgehead atoms. The number of aryl methyl sites for hydroxylation is 2. The highest BCUT2D eigenvalue weighted by molar-refractivity contribution is 5.77. The van der Waals surface area contributed by atoms with Crippen LogP contribution in [0.15, 0.2) is 4.42 Å². The number of unbranched alkanes of at least 4 members (excludes halogenated alkanes) is 34. The van der Waals surface area contributed by atoms with Gasteiger partial charge in [0, 0.05) is 19.3 Å². The molecule has 0 N–H and O–H groups in total. The second-order valence-corrected chi connectivity index (χ2v) is 16.6. The number of hydrogen-bond acceptors (Lipinski definition) is 5. The molecule has 0 radical (unpaired) electrons. The van der Waals surface area contributed by atoms with Crippen LogP contribution in [-0.2, 0) is 16.0 Å². The van der Waals surface area contributed by atoms with Crippen LogP contribution in [0.2, 0.25) is 0 Å². The fourth-order valence-electron chi connectivity index (χ4n) is 7.69. The highest BCUT2D eigenvalue weighted by Crippen LogP contribution is 2.39. The van der Waals surface area contributed by atoms with E-state index < -0.39 is 0 Å². The van der Waals surface area contributed by atoms with E-state index in [1.807, 2.05) is 6.92 Å². The SMILES string of the molecule is CCCCCCCCCCCCCCCCCCCCC(=O)Oc1c(C)oc(CC)c1OC(=O)CCCCCCCCCCCCCCCCCCCC. The fraction of sp³-hybridized carbons (Fsp3) is 0.878. The Bertz CT molecular complexity index is 981. The average Bonchev–Trinajstić information content (AvgIpc) is 3.46. The van der Waals surface area contributed by atoms with E-state index in [1.54, 1.807) is 6.92 Å². The Morgan fingerprint density at radius 3 is 0.870 bits per heavy atom. The van der Waals surface area contributed by atoms with Crippen LogP contribution in [0, 0.1) is 6.92 Å². The Morgan fingerprint density at radius 1 is 0.370 bits per heavy atom. The van der Waals surface area contributed by atoms with Crippen LogP contribution in [0.25, 0.3) is 0 Å². The molecular weight excluding hydrogens is 669 g/mol. The van der Waals surface area contributed by atoms with E-state index in [-0.39, 0.29) is 17.7 Å². The van der Waals surface area contributed by atoms with Crippen LogP contribution < -0.4 is 9.47 Å². The van der Waals surface area contributed by atoms with E-state index >= 15 is 0 Å². The Labute approximate surface area is 335 Å². The zero-order chi connectivity index (χ0) is 39.2. The fourth-order valence-corrected chi connectivity index (χ4v) is 7.69. The summed E-state index contributed by atoms with van der Waals surface area (Å²) in [6.45, 7) is 8.30. The number of furan rings is 1. The maximum atomic E-state index is 12.7. The van der Waals surface area contributed by atoms with Crippen molar-refractivity contribution in [1.82, 2.24) is 0 Å². The quantitative estimate of drug-likeness (QED) is 0.0491. The van der Waals surface area contributed by atoms with Crippen molar-refractivity contribution in [3.05, 3.63) is 11.5 Å². The molecule has 1 aromatic heterocycles. The molecule has 1 heterocycles. The van der Waals surface area contributed by atoms with Crippen LogP contribution in [0.1, 0.15) is 276 Å². The minimum Gasteiger partial charge on any atom is -0.458 e. The minimum atomic E-state index is -0.279. The zero-order valence-corrected chi connectivity index (χ0v) is 36.6. The summed E-state index contributed by atoms with van der Waals surface area (Å²) in [5, 5.41) is 0. The van der Waals surface area contributed by atoms with Gasteiger partial charge in [0.05, 0.1) is 0 Å². The molecular formula is C49H90O5. The standard InChI is InChI=1S/C49H90O5/c1-5-8-10-12-14-16-18-20-22-24-26-28-30-32-34-36-38-40-42-46(50)53-48-44(4)52-45(7-3)49(48)54-47(51)43-41-39-37-35-33-31-29-27-25-23-21-19-17-15-13-11-9-6-2/h5-43H2,1-4H3. The second kappa shape index (κ2) is 38.1. The van der Waals surface area contributed by atoms with Crippen molar-refractivity contribution >= 4 is 11.9 Å². The lowest BCUT2D eigenvalue weighted by atomic mass is 10.0. The molecule has 0 aromatic carbocycles. The maximum absolute atomic E-state index is 12.7. The first-order chi connectivity index (χ1) is 26.5. The molecule has 5 nitrogen and oxygen atoms in total. The van der Waals surface area contributed by atoms with Crippen molar-refractivity contribution in [2.24, 2.45) is 0 Å². The van der Waals surface area contributed by atoms with E-state index in [4.69, 9.17) is 13.9 Å². The first kappa shape index (κ1) is 50.2. The number of carbonyl (C=O) groups is 2. The van der Waals surface area contributed by atoms with Gasteiger partial charge < -0.3 is 13.9 Å². The molecule has 0 fully saturated rings. The Hall–Kier alpha value is -1.78. The summed E-state index contributed by atoms with van der Waals surface area (Å²) in [5.41, 5.74) is 0. The molecule has 316 valence electrons. The molecule has 1 rings (SSSR count). The lowest BCUT2D eigenvalue weighted by molar-refractivity contribution is -0.137. The van der Waals surface area contributed by atoms with Crippen LogP contribution in [0.4, 0.5) is 0 Å². The number of esters is 2. The van der Waals surface area contributed by atoms with Crippen molar-refractivity contribution in [2.45, 2.75) is 278 Å². The third-order valence-corrected chi connectivity index (χ3v) is 11.3. The van der Waals surface area contributed by atoms with Crippen LogP contribution in [0.3, 0.4) is 0 Å². The number of rotatable bonds is 41. The van der Waals surface area contributed by atoms with Gasteiger partial charge in [-0.3, -0.25) is 9.59 Å².